The molecule has 5 heteroatoms. The molecule has 0 saturated carbocycles. The van der Waals surface area contributed by atoms with Gasteiger partial charge in [0, 0.05) is 4.47 Å². The van der Waals surface area contributed by atoms with Gasteiger partial charge in [-0.25, -0.2) is 0 Å². The van der Waals surface area contributed by atoms with Crippen molar-refractivity contribution in [2.45, 2.75) is 52.9 Å². The fourth-order valence-electron chi connectivity index (χ4n) is 2.27. The third-order valence-electron chi connectivity index (χ3n) is 3.99. The molecule has 0 N–H and O–H groups in total. The highest BCUT2D eigenvalue weighted by atomic mass is 79.9. The summed E-state index contributed by atoms with van der Waals surface area (Å²) in [5.41, 5.74) is -1.24. The number of esters is 2. The quantitative estimate of drug-likeness (QED) is 0.263. The smallest absolute Gasteiger partial charge is 0.328 e. The van der Waals surface area contributed by atoms with Crippen LogP contribution in [-0.4, -0.2) is 18.5 Å². The van der Waals surface area contributed by atoms with E-state index in [9.17, 15) is 9.59 Å². The van der Waals surface area contributed by atoms with Crippen LogP contribution in [0.5, 0.6) is 5.75 Å². The zero-order valence-corrected chi connectivity index (χ0v) is 15.6. The minimum Gasteiger partial charge on any atom is -0.465 e. The first-order valence-corrected chi connectivity index (χ1v) is 8.94. The van der Waals surface area contributed by atoms with Gasteiger partial charge in [-0.15, -0.1) is 0 Å². The van der Waals surface area contributed by atoms with E-state index in [-0.39, 0.29) is 0 Å². The lowest BCUT2D eigenvalue weighted by Crippen LogP contribution is -2.42. The molecule has 23 heavy (non-hydrogen) atoms. The summed E-state index contributed by atoms with van der Waals surface area (Å²) < 4.78 is 11.6. The molecule has 1 rings (SSSR count). The van der Waals surface area contributed by atoms with E-state index >= 15 is 0 Å². The molecule has 0 bridgehead atoms. The highest BCUT2D eigenvalue weighted by Gasteiger charge is 2.46. The van der Waals surface area contributed by atoms with E-state index in [0.29, 0.717) is 25.2 Å². The Morgan fingerprint density at radius 2 is 1.61 bits per heavy atom. The largest absolute Gasteiger partial charge is 0.465 e. The van der Waals surface area contributed by atoms with Gasteiger partial charge in [-0.1, -0.05) is 49.5 Å². The molecule has 128 valence electrons. The van der Waals surface area contributed by atoms with Crippen molar-refractivity contribution in [2.24, 2.45) is 5.41 Å². The second-order valence-corrected chi connectivity index (χ2v) is 6.39. The van der Waals surface area contributed by atoms with Gasteiger partial charge in [0.25, 0.3) is 0 Å². The minimum absolute atomic E-state index is 0.347. The SMILES string of the molecule is CCCCCOC(=O)C(CC)(CC)C(=O)Oc1ccc(Br)cc1. The van der Waals surface area contributed by atoms with Gasteiger partial charge in [-0.2, -0.15) is 0 Å². The Hall–Kier alpha value is -1.36. The number of carbonyl (C=O) groups is 2. The first kappa shape index (κ1) is 19.7. The number of hydrogen-bond donors (Lipinski definition) is 0. The molecule has 0 atom stereocenters. The summed E-state index contributed by atoms with van der Waals surface area (Å²) in [5.74, 6) is -0.616. The fourth-order valence-corrected chi connectivity index (χ4v) is 2.54. The van der Waals surface area contributed by atoms with Crippen molar-refractivity contribution in [3.8, 4) is 5.75 Å². The average molecular weight is 385 g/mol. The molecule has 0 heterocycles. The molecular formula is C18H25BrO4. The van der Waals surface area contributed by atoms with Crippen LogP contribution in [0.15, 0.2) is 28.7 Å². The summed E-state index contributed by atoms with van der Waals surface area (Å²) in [6, 6.07) is 6.94. The van der Waals surface area contributed by atoms with Crippen LogP contribution in [0.25, 0.3) is 0 Å². The van der Waals surface area contributed by atoms with Crippen molar-refractivity contribution in [3.05, 3.63) is 28.7 Å². The molecular weight excluding hydrogens is 360 g/mol. The number of hydrogen-bond acceptors (Lipinski definition) is 4. The third kappa shape index (κ3) is 5.34. The zero-order chi connectivity index (χ0) is 17.3. The van der Waals surface area contributed by atoms with E-state index in [1.807, 2.05) is 0 Å². The van der Waals surface area contributed by atoms with Gasteiger partial charge in [0.1, 0.15) is 5.75 Å². The van der Waals surface area contributed by atoms with Crippen molar-refractivity contribution >= 4 is 27.9 Å². The van der Waals surface area contributed by atoms with Crippen LogP contribution in [0.1, 0.15) is 52.9 Å². The van der Waals surface area contributed by atoms with E-state index in [1.54, 1.807) is 38.1 Å². The fraction of sp³-hybridized carbons (Fsp3) is 0.556. The molecule has 4 nitrogen and oxygen atoms in total. The summed E-state index contributed by atoms with van der Waals surface area (Å²) in [7, 11) is 0. The van der Waals surface area contributed by atoms with Gasteiger partial charge < -0.3 is 9.47 Å². The van der Waals surface area contributed by atoms with E-state index in [2.05, 4.69) is 22.9 Å². The molecule has 0 saturated heterocycles. The first-order valence-electron chi connectivity index (χ1n) is 8.15. The van der Waals surface area contributed by atoms with Crippen LogP contribution < -0.4 is 4.74 Å². The van der Waals surface area contributed by atoms with Gasteiger partial charge in [0.05, 0.1) is 6.61 Å². The lowest BCUT2D eigenvalue weighted by molar-refractivity contribution is -0.168. The molecule has 0 amide bonds. The van der Waals surface area contributed by atoms with Crippen LogP contribution in [0.3, 0.4) is 0 Å². The Labute approximate surface area is 146 Å². The van der Waals surface area contributed by atoms with Crippen molar-refractivity contribution in [1.82, 2.24) is 0 Å². The average Bonchev–Trinajstić information content (AvgIpc) is 2.55. The maximum Gasteiger partial charge on any atom is 0.328 e. The highest BCUT2D eigenvalue weighted by molar-refractivity contribution is 9.10. The minimum atomic E-state index is -1.24. The van der Waals surface area contributed by atoms with Crippen LogP contribution in [0.2, 0.25) is 0 Å². The van der Waals surface area contributed by atoms with Gasteiger partial charge in [0.2, 0.25) is 0 Å². The number of benzene rings is 1. The molecule has 0 radical (unpaired) electrons. The predicted octanol–water partition coefficient (Wildman–Crippen LogP) is 4.89. The third-order valence-corrected chi connectivity index (χ3v) is 4.52. The second-order valence-electron chi connectivity index (χ2n) is 5.48. The number of rotatable bonds is 9. The summed E-state index contributed by atoms with van der Waals surface area (Å²) in [5, 5.41) is 0. The van der Waals surface area contributed by atoms with E-state index in [4.69, 9.17) is 9.47 Å². The maximum atomic E-state index is 12.6. The Morgan fingerprint density at radius 3 is 2.13 bits per heavy atom. The monoisotopic (exact) mass is 384 g/mol. The molecule has 0 aromatic heterocycles. The Balaban J connectivity index is 2.79. The standard InChI is InChI=1S/C18H25BrO4/c1-4-7-8-13-22-16(20)18(5-2,6-3)17(21)23-15-11-9-14(19)10-12-15/h9-12H,4-8,13H2,1-3H3. The summed E-state index contributed by atoms with van der Waals surface area (Å²) in [6.45, 7) is 6.04. The molecule has 0 aliphatic rings. The van der Waals surface area contributed by atoms with Crippen molar-refractivity contribution in [3.63, 3.8) is 0 Å². The predicted molar refractivity (Wildman–Crippen MR) is 93.3 cm³/mol. The lowest BCUT2D eigenvalue weighted by Gasteiger charge is -2.26. The maximum absolute atomic E-state index is 12.6. The topological polar surface area (TPSA) is 52.6 Å². The van der Waals surface area contributed by atoms with Gasteiger partial charge >= 0.3 is 11.9 Å². The Morgan fingerprint density at radius 1 is 1.00 bits per heavy atom. The van der Waals surface area contributed by atoms with E-state index < -0.39 is 17.4 Å². The number of halogens is 1. The molecule has 0 aliphatic carbocycles. The molecule has 1 aromatic rings. The van der Waals surface area contributed by atoms with Crippen molar-refractivity contribution in [1.29, 1.82) is 0 Å². The number of ether oxygens (including phenoxy) is 2. The van der Waals surface area contributed by atoms with E-state index in [0.717, 1.165) is 23.7 Å². The van der Waals surface area contributed by atoms with Gasteiger partial charge in [0.15, 0.2) is 5.41 Å². The van der Waals surface area contributed by atoms with Crippen molar-refractivity contribution < 1.29 is 19.1 Å². The van der Waals surface area contributed by atoms with Crippen LogP contribution >= 0.6 is 15.9 Å². The molecule has 1 aromatic carbocycles. The second kappa shape index (κ2) is 9.71. The molecule has 0 unspecified atom stereocenters. The number of carbonyl (C=O) groups excluding carboxylic acids is 2. The summed E-state index contributed by atoms with van der Waals surface area (Å²) >= 11 is 3.33. The lowest BCUT2D eigenvalue weighted by atomic mass is 9.82. The first-order chi connectivity index (χ1) is 11.0. The molecule has 0 spiro atoms. The summed E-state index contributed by atoms with van der Waals surface area (Å²) in [6.07, 6.45) is 3.57. The Kier molecular flexibility index (Phi) is 8.31. The van der Waals surface area contributed by atoms with Crippen LogP contribution in [-0.2, 0) is 14.3 Å². The highest BCUT2D eigenvalue weighted by Crippen LogP contribution is 2.31. The Bertz CT molecular complexity index is 506. The van der Waals surface area contributed by atoms with Crippen LogP contribution in [0.4, 0.5) is 0 Å². The van der Waals surface area contributed by atoms with E-state index in [1.165, 1.54) is 0 Å². The number of unbranched alkanes of at least 4 members (excludes halogenated alkanes) is 2. The van der Waals surface area contributed by atoms with Crippen LogP contribution in [0, 0.1) is 5.41 Å². The molecule has 0 fully saturated rings. The van der Waals surface area contributed by atoms with Gasteiger partial charge in [-0.05, 0) is 43.5 Å². The zero-order valence-electron chi connectivity index (χ0n) is 14.1. The van der Waals surface area contributed by atoms with Gasteiger partial charge in [-0.3, -0.25) is 9.59 Å². The van der Waals surface area contributed by atoms with Crippen molar-refractivity contribution in [2.75, 3.05) is 6.61 Å². The normalized spacial score (nSPS) is 11.1. The summed E-state index contributed by atoms with van der Waals surface area (Å²) in [4.78, 5) is 25.0. The molecule has 0 aliphatic heterocycles.